The van der Waals surface area contributed by atoms with Gasteiger partial charge in [0.2, 0.25) is 11.9 Å². The molecule has 14 nitrogen and oxygen atoms in total. The summed E-state index contributed by atoms with van der Waals surface area (Å²) in [4.78, 5) is 7.95. The van der Waals surface area contributed by atoms with E-state index < -0.39 is 25.5 Å². The molecule has 0 fully saturated rings. The van der Waals surface area contributed by atoms with Crippen LogP contribution in [0.4, 0.5) is 5.69 Å². The van der Waals surface area contributed by atoms with Crippen LogP contribution in [-0.4, -0.2) is 87.7 Å². The van der Waals surface area contributed by atoms with E-state index in [1.165, 1.54) is 37.3 Å². The Balaban J connectivity index is 3.17. The van der Waals surface area contributed by atoms with Crippen molar-refractivity contribution >= 4 is 43.9 Å². The summed E-state index contributed by atoms with van der Waals surface area (Å²) in [7, 11) is -8.80. The lowest BCUT2D eigenvalue weighted by atomic mass is 10.1. The molecular weight excluding hydrogens is 610 g/mol. The van der Waals surface area contributed by atoms with E-state index >= 15 is 0 Å². The van der Waals surface area contributed by atoms with Gasteiger partial charge in [0.1, 0.15) is 10.1 Å². The molecule has 0 amide bonds. The van der Waals surface area contributed by atoms with Gasteiger partial charge < -0.3 is 21.1 Å². The molecule has 44 heavy (non-hydrogen) atoms. The Morgan fingerprint density at radius 3 is 2.39 bits per heavy atom. The molecule has 0 spiro atoms. The molecule has 0 aliphatic carbocycles. The van der Waals surface area contributed by atoms with Crippen molar-refractivity contribution in [3.05, 3.63) is 54.1 Å². The zero-order valence-corrected chi connectivity index (χ0v) is 26.7. The van der Waals surface area contributed by atoms with E-state index in [2.05, 4.69) is 42.6 Å². The summed E-state index contributed by atoms with van der Waals surface area (Å²) in [5.41, 5.74) is 0.503. The predicted octanol–water partition coefficient (Wildman–Crippen LogP) is 1.40. The first-order valence-electron chi connectivity index (χ1n) is 13.8. The highest BCUT2D eigenvalue weighted by molar-refractivity contribution is 7.86. The number of hydrogen-bond donors (Lipinski definition) is 8. The fourth-order valence-corrected chi connectivity index (χ4v) is 4.28. The Bertz CT molecular complexity index is 1450. The van der Waals surface area contributed by atoms with Crippen molar-refractivity contribution in [1.82, 2.24) is 21.3 Å². The number of benzene rings is 1. The van der Waals surface area contributed by atoms with Crippen LogP contribution in [0.1, 0.15) is 32.8 Å². The maximum atomic E-state index is 12.3. The van der Waals surface area contributed by atoms with Crippen molar-refractivity contribution < 1.29 is 31.0 Å². The fourth-order valence-electron chi connectivity index (χ4n) is 3.28. The molecule has 0 radical (unpaired) electrons. The van der Waals surface area contributed by atoms with E-state index in [9.17, 15) is 21.4 Å². The third kappa shape index (κ3) is 16.3. The SMILES string of the molecule is C#CN=C(NCCCNCC)N/C(=N\CNCCO)Nc1ccc(/C=C/C(C)/C=C\C=C/C(C)S(=O)(=O)O)c(S(=O)(=O)O)c1. The molecular formula is C28H43N7O7S2. The van der Waals surface area contributed by atoms with Gasteiger partial charge in [0.25, 0.3) is 20.2 Å². The monoisotopic (exact) mass is 653 g/mol. The molecule has 2 atom stereocenters. The van der Waals surface area contributed by atoms with Gasteiger partial charge >= 0.3 is 0 Å². The predicted molar refractivity (Wildman–Crippen MR) is 175 cm³/mol. The number of guanidine groups is 2. The quantitative estimate of drug-likeness (QED) is 0.0299. The zero-order valence-electron chi connectivity index (χ0n) is 25.1. The average molecular weight is 654 g/mol. The van der Waals surface area contributed by atoms with Crippen molar-refractivity contribution in [2.75, 3.05) is 44.8 Å². The highest BCUT2D eigenvalue weighted by atomic mass is 32.2. The zero-order chi connectivity index (χ0) is 33.0. The number of nitrogens with zero attached hydrogens (tertiary/aromatic N) is 2. The lowest BCUT2D eigenvalue weighted by Crippen LogP contribution is -2.45. The van der Waals surface area contributed by atoms with Crippen LogP contribution in [0.2, 0.25) is 0 Å². The number of anilines is 1. The molecule has 244 valence electrons. The number of rotatable bonds is 17. The highest BCUT2D eigenvalue weighted by Crippen LogP contribution is 2.23. The number of aliphatic hydroxyl groups is 1. The topological polar surface area (TPSA) is 214 Å². The van der Waals surface area contributed by atoms with Crippen molar-refractivity contribution in [3.8, 4) is 12.5 Å². The van der Waals surface area contributed by atoms with Crippen LogP contribution in [0.3, 0.4) is 0 Å². The maximum absolute atomic E-state index is 12.3. The van der Waals surface area contributed by atoms with Gasteiger partial charge in [-0.25, -0.2) is 4.99 Å². The first-order chi connectivity index (χ1) is 20.8. The van der Waals surface area contributed by atoms with E-state index in [0.717, 1.165) is 19.5 Å². The molecule has 8 N–H and O–H groups in total. The molecule has 0 saturated carbocycles. The number of aliphatic imine (C=N–C) groups is 2. The van der Waals surface area contributed by atoms with E-state index in [-0.39, 0.29) is 47.3 Å². The van der Waals surface area contributed by atoms with Gasteiger partial charge in [-0.15, -0.1) is 0 Å². The molecule has 1 aromatic rings. The first kappa shape index (κ1) is 38.5. The number of nitrogens with one attached hydrogen (secondary N) is 5. The molecule has 2 unspecified atom stereocenters. The van der Waals surface area contributed by atoms with Gasteiger partial charge in [0, 0.05) is 24.8 Å². The summed E-state index contributed by atoms with van der Waals surface area (Å²) in [5, 5.41) is 23.1. The summed E-state index contributed by atoms with van der Waals surface area (Å²) in [6.07, 6.45) is 15.5. The lowest BCUT2D eigenvalue weighted by Gasteiger charge is -2.16. The van der Waals surface area contributed by atoms with Crippen molar-refractivity contribution in [1.29, 1.82) is 0 Å². The molecule has 0 aliphatic rings. The molecule has 0 heterocycles. The minimum Gasteiger partial charge on any atom is -0.395 e. The van der Waals surface area contributed by atoms with Crippen LogP contribution in [-0.2, 0) is 20.2 Å². The smallest absolute Gasteiger partial charge is 0.295 e. The van der Waals surface area contributed by atoms with Crippen molar-refractivity contribution in [3.63, 3.8) is 0 Å². The van der Waals surface area contributed by atoms with E-state index in [1.54, 1.807) is 24.3 Å². The molecule has 0 aliphatic heterocycles. The van der Waals surface area contributed by atoms with Crippen LogP contribution in [0.25, 0.3) is 6.08 Å². The van der Waals surface area contributed by atoms with Gasteiger partial charge in [-0.2, -0.15) is 21.8 Å². The second-order valence-corrected chi connectivity index (χ2v) is 12.5. The Labute approximate surface area is 260 Å². The van der Waals surface area contributed by atoms with Crippen LogP contribution in [0.5, 0.6) is 0 Å². The Morgan fingerprint density at radius 2 is 1.75 bits per heavy atom. The molecule has 0 aromatic heterocycles. The van der Waals surface area contributed by atoms with E-state index in [1.807, 2.05) is 13.8 Å². The summed E-state index contributed by atoms with van der Waals surface area (Å²) < 4.78 is 65.6. The molecule has 16 heteroatoms. The third-order valence-electron chi connectivity index (χ3n) is 5.63. The highest BCUT2D eigenvalue weighted by Gasteiger charge is 2.16. The summed E-state index contributed by atoms with van der Waals surface area (Å²) in [6.45, 7) is 7.66. The summed E-state index contributed by atoms with van der Waals surface area (Å²) in [6, 6.07) is 6.55. The molecule has 0 bridgehead atoms. The number of hydrogen-bond acceptors (Lipinski definition) is 9. The first-order valence-corrected chi connectivity index (χ1v) is 16.7. The maximum Gasteiger partial charge on any atom is 0.295 e. The summed E-state index contributed by atoms with van der Waals surface area (Å²) in [5.74, 6) is 0.195. The molecule has 0 saturated heterocycles. The molecule has 1 rings (SSSR count). The molecule has 1 aromatic carbocycles. The van der Waals surface area contributed by atoms with Gasteiger partial charge in [-0.05, 0) is 50.0 Å². The third-order valence-corrected chi connectivity index (χ3v) is 7.64. The second kappa shape index (κ2) is 20.4. The van der Waals surface area contributed by atoms with E-state index in [4.69, 9.17) is 16.1 Å². The normalized spacial score (nSPS) is 14.7. The Kier molecular flexibility index (Phi) is 17.8. The Hall–Kier alpha value is -3.56. The Morgan fingerprint density at radius 1 is 1.02 bits per heavy atom. The fraction of sp³-hybridized carbons (Fsp3) is 0.429. The largest absolute Gasteiger partial charge is 0.395 e. The minimum absolute atomic E-state index is 0.0894. The minimum atomic E-state index is -4.63. The van der Waals surface area contributed by atoms with Gasteiger partial charge in [0.15, 0.2) is 0 Å². The van der Waals surface area contributed by atoms with Gasteiger partial charge in [0.05, 0.1) is 13.3 Å². The van der Waals surface area contributed by atoms with Crippen LogP contribution in [0.15, 0.2) is 63.5 Å². The van der Waals surface area contributed by atoms with Crippen LogP contribution >= 0.6 is 0 Å². The van der Waals surface area contributed by atoms with Gasteiger partial charge in [-0.3, -0.25) is 19.7 Å². The van der Waals surface area contributed by atoms with Crippen LogP contribution < -0.4 is 26.6 Å². The standard InChI is InChI=1S/C28H43N7O7S2/c1-5-29-16-9-17-32-27(31-6-2)35-28(33-21-30-18-19-36)34-25-15-14-24(26(20-25)44(40,41)42)13-12-22(3)10-7-8-11-23(4)43(37,38)39/h2,7-8,10-15,20,22-23,29-30,36H,5,9,16-19,21H2,1,3-4H3,(H,37,38,39)(H,40,41,42)(H3,31,32,33,34,35)/b10-7-,11-8-,13-12+. The summed E-state index contributed by atoms with van der Waals surface area (Å²) >= 11 is 0. The average Bonchev–Trinajstić information content (AvgIpc) is 2.95. The van der Waals surface area contributed by atoms with E-state index in [0.29, 0.717) is 13.1 Å². The number of allylic oxidation sites excluding steroid dienone is 4. The van der Waals surface area contributed by atoms with Gasteiger partial charge in [-0.1, -0.05) is 62.8 Å². The number of terminal acetylenes is 1. The van der Waals surface area contributed by atoms with Crippen molar-refractivity contribution in [2.24, 2.45) is 15.9 Å². The second-order valence-electron chi connectivity index (χ2n) is 9.30. The lowest BCUT2D eigenvalue weighted by molar-refractivity contribution is 0.293. The number of aliphatic hydroxyl groups excluding tert-OH is 1. The van der Waals surface area contributed by atoms with Crippen LogP contribution in [0, 0.1) is 18.4 Å². The van der Waals surface area contributed by atoms with Crippen molar-refractivity contribution in [2.45, 2.75) is 37.3 Å².